The zero-order valence-corrected chi connectivity index (χ0v) is 11.5. The number of nitrogens with two attached hydrogens (primary N) is 1. The molecule has 1 heterocycles. The molecule has 0 saturated heterocycles. The van der Waals surface area contributed by atoms with Crippen molar-refractivity contribution in [3.63, 3.8) is 0 Å². The van der Waals surface area contributed by atoms with Crippen molar-refractivity contribution < 1.29 is 9.53 Å². The highest BCUT2D eigenvalue weighted by atomic mass is 35.5. The van der Waals surface area contributed by atoms with Gasteiger partial charge in [0.15, 0.2) is 0 Å². The second-order valence-corrected chi connectivity index (χ2v) is 5.78. The van der Waals surface area contributed by atoms with Crippen LogP contribution in [0.1, 0.15) is 25.0 Å². The Kier molecular flexibility index (Phi) is 3.64. The van der Waals surface area contributed by atoms with Crippen LogP contribution in [0.2, 0.25) is 5.02 Å². The first-order valence-electron chi connectivity index (χ1n) is 6.11. The first-order chi connectivity index (χ1) is 8.44. The molecule has 0 unspecified atom stereocenters. The normalized spacial score (nSPS) is 14.2. The lowest BCUT2D eigenvalue weighted by Gasteiger charge is -2.21. The predicted molar refractivity (Wildman–Crippen MR) is 72.2 cm³/mol. The van der Waals surface area contributed by atoms with Crippen LogP contribution in [-0.2, 0) is 17.6 Å². The first-order valence-corrected chi connectivity index (χ1v) is 6.49. The molecular formula is C14H18ClNO2. The molecule has 0 fully saturated rings. The maximum absolute atomic E-state index is 12.2. The number of rotatable bonds is 4. The van der Waals surface area contributed by atoms with E-state index in [9.17, 15) is 4.79 Å². The number of Topliss-reactive ketones (excluding diaryl/α,β-unsaturated/α-hetero) is 1. The number of hydrogen-bond acceptors (Lipinski definition) is 3. The van der Waals surface area contributed by atoms with Gasteiger partial charge in [0.05, 0.1) is 6.61 Å². The fourth-order valence-corrected chi connectivity index (χ4v) is 2.27. The Bertz CT molecular complexity index is 483. The van der Waals surface area contributed by atoms with Crippen molar-refractivity contribution in [2.24, 2.45) is 11.1 Å². The smallest absolute Gasteiger partial charge is 0.144 e. The molecule has 0 spiro atoms. The summed E-state index contributed by atoms with van der Waals surface area (Å²) in [6.07, 6.45) is 1.18. The number of carbonyl (C=O) groups is 1. The highest BCUT2D eigenvalue weighted by Gasteiger charge is 2.28. The zero-order chi connectivity index (χ0) is 13.3. The fourth-order valence-electron chi connectivity index (χ4n) is 2.00. The van der Waals surface area contributed by atoms with Crippen LogP contribution in [0.5, 0.6) is 5.75 Å². The summed E-state index contributed by atoms with van der Waals surface area (Å²) in [5.74, 6) is 0.950. The number of benzene rings is 1. The molecule has 0 bridgehead atoms. The van der Waals surface area contributed by atoms with E-state index in [0.29, 0.717) is 24.6 Å². The Morgan fingerprint density at radius 3 is 2.89 bits per heavy atom. The van der Waals surface area contributed by atoms with Crippen LogP contribution >= 0.6 is 11.6 Å². The highest BCUT2D eigenvalue weighted by molar-refractivity contribution is 6.30. The van der Waals surface area contributed by atoms with Crippen molar-refractivity contribution in [3.05, 3.63) is 28.3 Å². The summed E-state index contributed by atoms with van der Waals surface area (Å²) >= 11 is 6.07. The standard InChI is InChI=1S/C14H18ClNO2/c1-14(2,8-16)12(17)7-10-6-11(15)5-9-3-4-18-13(9)10/h5-6H,3-4,7-8,16H2,1-2H3. The van der Waals surface area contributed by atoms with Gasteiger partial charge < -0.3 is 10.5 Å². The minimum Gasteiger partial charge on any atom is -0.493 e. The molecule has 0 amide bonds. The van der Waals surface area contributed by atoms with Gasteiger partial charge in [0.2, 0.25) is 0 Å². The van der Waals surface area contributed by atoms with Crippen molar-refractivity contribution in [1.82, 2.24) is 0 Å². The third kappa shape index (κ3) is 2.52. The van der Waals surface area contributed by atoms with Gasteiger partial charge in [-0.25, -0.2) is 0 Å². The van der Waals surface area contributed by atoms with Crippen LogP contribution in [0.25, 0.3) is 0 Å². The van der Waals surface area contributed by atoms with Gasteiger partial charge in [-0.2, -0.15) is 0 Å². The van der Waals surface area contributed by atoms with Gasteiger partial charge in [-0.05, 0) is 17.7 Å². The van der Waals surface area contributed by atoms with E-state index in [-0.39, 0.29) is 5.78 Å². The molecule has 1 aromatic carbocycles. The van der Waals surface area contributed by atoms with Crippen molar-refractivity contribution in [1.29, 1.82) is 0 Å². The molecule has 1 aliphatic heterocycles. The Morgan fingerprint density at radius 2 is 2.22 bits per heavy atom. The van der Waals surface area contributed by atoms with E-state index < -0.39 is 5.41 Å². The Hall–Kier alpha value is -1.06. The maximum atomic E-state index is 12.2. The number of ether oxygens (including phenoxy) is 1. The van der Waals surface area contributed by atoms with Gasteiger partial charge in [0.25, 0.3) is 0 Å². The van der Waals surface area contributed by atoms with E-state index in [0.717, 1.165) is 23.3 Å². The summed E-state index contributed by atoms with van der Waals surface area (Å²) in [5.41, 5.74) is 7.09. The largest absolute Gasteiger partial charge is 0.493 e. The van der Waals surface area contributed by atoms with Crippen molar-refractivity contribution >= 4 is 17.4 Å². The molecular weight excluding hydrogens is 250 g/mol. The summed E-state index contributed by atoms with van der Waals surface area (Å²) < 4.78 is 5.59. The molecule has 2 N–H and O–H groups in total. The van der Waals surface area contributed by atoms with E-state index in [1.165, 1.54) is 0 Å². The van der Waals surface area contributed by atoms with Crippen LogP contribution in [0, 0.1) is 5.41 Å². The number of ketones is 1. The van der Waals surface area contributed by atoms with Crippen molar-refractivity contribution in [2.75, 3.05) is 13.2 Å². The van der Waals surface area contributed by atoms with Gasteiger partial charge >= 0.3 is 0 Å². The maximum Gasteiger partial charge on any atom is 0.144 e. The quantitative estimate of drug-likeness (QED) is 0.911. The van der Waals surface area contributed by atoms with E-state index in [1.807, 2.05) is 26.0 Å². The van der Waals surface area contributed by atoms with Crippen molar-refractivity contribution in [2.45, 2.75) is 26.7 Å². The molecule has 0 atom stereocenters. The van der Waals surface area contributed by atoms with E-state index >= 15 is 0 Å². The Morgan fingerprint density at radius 1 is 1.50 bits per heavy atom. The molecule has 18 heavy (non-hydrogen) atoms. The molecule has 0 aromatic heterocycles. The number of halogens is 1. The molecule has 1 aromatic rings. The number of hydrogen-bond donors (Lipinski definition) is 1. The van der Waals surface area contributed by atoms with Gasteiger partial charge in [0, 0.05) is 35.4 Å². The molecule has 98 valence electrons. The SMILES string of the molecule is CC(C)(CN)C(=O)Cc1cc(Cl)cc2c1OCC2. The molecule has 0 radical (unpaired) electrons. The Labute approximate surface area is 112 Å². The minimum absolute atomic E-state index is 0.116. The molecule has 3 nitrogen and oxygen atoms in total. The molecule has 0 saturated carbocycles. The third-order valence-corrected chi connectivity index (χ3v) is 3.66. The van der Waals surface area contributed by atoms with E-state index in [4.69, 9.17) is 22.1 Å². The topological polar surface area (TPSA) is 52.3 Å². The van der Waals surface area contributed by atoms with E-state index in [2.05, 4.69) is 0 Å². The Balaban J connectivity index is 2.28. The van der Waals surface area contributed by atoms with Crippen LogP contribution in [0.15, 0.2) is 12.1 Å². The first kappa shape index (κ1) is 13.4. The molecule has 4 heteroatoms. The monoisotopic (exact) mass is 267 g/mol. The third-order valence-electron chi connectivity index (χ3n) is 3.44. The lowest BCUT2D eigenvalue weighted by molar-refractivity contribution is -0.125. The minimum atomic E-state index is -0.506. The van der Waals surface area contributed by atoms with Crippen molar-refractivity contribution in [3.8, 4) is 5.75 Å². The lowest BCUT2D eigenvalue weighted by atomic mass is 9.84. The predicted octanol–water partition coefficient (Wildman–Crippen LogP) is 2.37. The van der Waals surface area contributed by atoms with Crippen LogP contribution in [-0.4, -0.2) is 18.9 Å². The molecule has 0 aliphatic carbocycles. The van der Waals surface area contributed by atoms with Crippen LogP contribution in [0.3, 0.4) is 0 Å². The second kappa shape index (κ2) is 4.90. The van der Waals surface area contributed by atoms with Gasteiger partial charge in [-0.15, -0.1) is 0 Å². The van der Waals surface area contributed by atoms with Gasteiger partial charge in [-0.1, -0.05) is 25.4 Å². The highest BCUT2D eigenvalue weighted by Crippen LogP contribution is 2.34. The second-order valence-electron chi connectivity index (χ2n) is 5.34. The van der Waals surface area contributed by atoms with Gasteiger partial charge in [0.1, 0.15) is 11.5 Å². The lowest BCUT2D eigenvalue weighted by Crippen LogP contribution is -2.33. The average molecular weight is 268 g/mol. The summed E-state index contributed by atoms with van der Waals surface area (Å²) in [5, 5.41) is 0.660. The summed E-state index contributed by atoms with van der Waals surface area (Å²) in [6.45, 7) is 4.73. The van der Waals surface area contributed by atoms with E-state index in [1.54, 1.807) is 0 Å². The van der Waals surface area contributed by atoms with Gasteiger partial charge in [-0.3, -0.25) is 4.79 Å². The molecule has 2 rings (SSSR count). The zero-order valence-electron chi connectivity index (χ0n) is 10.8. The van der Waals surface area contributed by atoms with Crippen LogP contribution < -0.4 is 10.5 Å². The summed E-state index contributed by atoms with van der Waals surface area (Å²) in [4.78, 5) is 12.2. The number of carbonyl (C=O) groups excluding carboxylic acids is 1. The van der Waals surface area contributed by atoms with Crippen LogP contribution in [0.4, 0.5) is 0 Å². The number of fused-ring (bicyclic) bond motifs is 1. The summed E-state index contributed by atoms with van der Waals surface area (Å²) in [6, 6.07) is 3.72. The summed E-state index contributed by atoms with van der Waals surface area (Å²) in [7, 11) is 0. The fraction of sp³-hybridized carbons (Fsp3) is 0.500. The molecule has 1 aliphatic rings. The average Bonchev–Trinajstić information content (AvgIpc) is 2.76.